The van der Waals surface area contributed by atoms with Gasteiger partial charge in [-0.05, 0) is 83.8 Å². The zero-order valence-electron chi connectivity index (χ0n) is 23.6. The van der Waals surface area contributed by atoms with Gasteiger partial charge in [-0.3, -0.25) is 0 Å². The van der Waals surface area contributed by atoms with Crippen molar-refractivity contribution in [3.05, 3.63) is 151 Å². The molecule has 0 saturated heterocycles. The Morgan fingerprint density at radius 2 is 1.15 bits per heavy atom. The number of hydrogen-bond donors (Lipinski definition) is 1. The molecule has 1 N–H and O–H groups in total. The molecule has 1 heterocycles. The van der Waals surface area contributed by atoms with Crippen LogP contribution in [0.15, 0.2) is 146 Å². The van der Waals surface area contributed by atoms with Gasteiger partial charge in [-0.15, -0.1) is 0 Å². The summed E-state index contributed by atoms with van der Waals surface area (Å²) in [6, 6.07) is 46.2. The molecular formula is C37H28N2. The summed E-state index contributed by atoms with van der Waals surface area (Å²) in [6.07, 6.45) is 0. The molecule has 1 aromatic heterocycles. The Morgan fingerprint density at radius 3 is 1.90 bits per heavy atom. The second-order valence-corrected chi connectivity index (χ2v) is 9.91. The fourth-order valence-corrected chi connectivity index (χ4v) is 5.26. The summed E-state index contributed by atoms with van der Waals surface area (Å²) in [5, 5.41) is 5.59. The van der Waals surface area contributed by atoms with Gasteiger partial charge in [0.05, 0.1) is 13.8 Å². The molecule has 2 nitrogen and oxygen atoms in total. The minimum absolute atomic E-state index is 0.463. The predicted octanol–water partition coefficient (Wildman–Crippen LogP) is 10.2. The van der Waals surface area contributed by atoms with E-state index in [1.165, 1.54) is 11.1 Å². The van der Waals surface area contributed by atoms with Crippen LogP contribution < -0.4 is 5.32 Å². The SMILES string of the molecule is [2H]c1ccc2c3cc(-c4ccc(Nc5ccc(C)cc5)cc4)c([2H])cc3n(-c3ccc(-c4ccccc4)cc3)c2c1. The number of nitrogens with zero attached hydrogens (tertiary/aromatic N) is 1. The first-order valence-corrected chi connectivity index (χ1v) is 13.2. The van der Waals surface area contributed by atoms with E-state index in [4.69, 9.17) is 2.74 Å². The molecule has 7 aromatic rings. The third-order valence-electron chi connectivity index (χ3n) is 7.31. The van der Waals surface area contributed by atoms with E-state index in [0.717, 1.165) is 55.6 Å². The summed E-state index contributed by atoms with van der Waals surface area (Å²) in [7, 11) is 0. The molecule has 2 heteroatoms. The molecular weight excluding hydrogens is 472 g/mol. The number of nitrogens with one attached hydrogen (secondary N) is 1. The highest BCUT2D eigenvalue weighted by Gasteiger charge is 2.13. The van der Waals surface area contributed by atoms with Crippen LogP contribution in [0.3, 0.4) is 0 Å². The maximum atomic E-state index is 9.00. The molecule has 0 spiro atoms. The van der Waals surface area contributed by atoms with E-state index in [-0.39, 0.29) is 0 Å². The van der Waals surface area contributed by atoms with E-state index < -0.39 is 0 Å². The second kappa shape index (κ2) is 9.66. The number of hydrogen-bond acceptors (Lipinski definition) is 1. The number of benzene rings is 6. The highest BCUT2D eigenvalue weighted by atomic mass is 15.0. The highest BCUT2D eigenvalue weighted by molar-refractivity contribution is 6.10. The van der Waals surface area contributed by atoms with E-state index in [2.05, 4.69) is 108 Å². The molecule has 0 bridgehead atoms. The second-order valence-electron chi connectivity index (χ2n) is 9.91. The van der Waals surface area contributed by atoms with Crippen molar-refractivity contribution in [2.24, 2.45) is 0 Å². The van der Waals surface area contributed by atoms with Gasteiger partial charge < -0.3 is 9.88 Å². The Morgan fingerprint density at radius 1 is 0.538 bits per heavy atom. The fourth-order valence-electron chi connectivity index (χ4n) is 5.26. The predicted molar refractivity (Wildman–Crippen MR) is 166 cm³/mol. The molecule has 39 heavy (non-hydrogen) atoms. The Kier molecular flexibility index (Phi) is 5.18. The zero-order chi connectivity index (χ0) is 27.9. The van der Waals surface area contributed by atoms with Gasteiger partial charge in [-0.2, -0.15) is 0 Å². The Bertz CT molecular complexity index is 2010. The monoisotopic (exact) mass is 502 g/mol. The lowest BCUT2D eigenvalue weighted by Crippen LogP contribution is -1.93. The molecule has 0 aliphatic heterocycles. The molecule has 7 rings (SSSR count). The lowest BCUT2D eigenvalue weighted by atomic mass is 10.0. The van der Waals surface area contributed by atoms with Crippen LogP contribution in [0.2, 0.25) is 0 Å². The van der Waals surface area contributed by atoms with Crippen molar-refractivity contribution < 1.29 is 2.74 Å². The first-order valence-electron chi connectivity index (χ1n) is 14.2. The van der Waals surface area contributed by atoms with Crippen molar-refractivity contribution in [1.82, 2.24) is 4.57 Å². The third kappa shape index (κ3) is 4.36. The topological polar surface area (TPSA) is 17.0 Å². The average Bonchev–Trinajstić information content (AvgIpc) is 3.31. The van der Waals surface area contributed by atoms with Gasteiger partial charge in [0.2, 0.25) is 0 Å². The number of aryl methyl sites for hydroxylation is 1. The average molecular weight is 503 g/mol. The maximum Gasteiger partial charge on any atom is 0.0630 e. The van der Waals surface area contributed by atoms with Gasteiger partial charge >= 0.3 is 0 Å². The quantitative estimate of drug-likeness (QED) is 0.248. The van der Waals surface area contributed by atoms with Gasteiger partial charge in [0.15, 0.2) is 0 Å². The summed E-state index contributed by atoms with van der Waals surface area (Å²) in [6.45, 7) is 2.08. The van der Waals surface area contributed by atoms with Gasteiger partial charge in [0.1, 0.15) is 0 Å². The van der Waals surface area contributed by atoms with Crippen molar-refractivity contribution >= 4 is 33.2 Å². The summed E-state index contributed by atoms with van der Waals surface area (Å²) >= 11 is 0. The van der Waals surface area contributed by atoms with Crippen LogP contribution in [0.5, 0.6) is 0 Å². The molecule has 0 amide bonds. The molecule has 0 aliphatic carbocycles. The van der Waals surface area contributed by atoms with E-state index >= 15 is 0 Å². The van der Waals surface area contributed by atoms with Gasteiger partial charge in [-0.25, -0.2) is 0 Å². The Hall–Kier alpha value is -5.08. The number of anilines is 2. The van der Waals surface area contributed by atoms with Crippen LogP contribution in [-0.4, -0.2) is 4.57 Å². The maximum absolute atomic E-state index is 9.00. The normalized spacial score (nSPS) is 11.9. The number of rotatable bonds is 5. The van der Waals surface area contributed by atoms with Crippen molar-refractivity contribution in [3.63, 3.8) is 0 Å². The van der Waals surface area contributed by atoms with E-state index in [0.29, 0.717) is 12.1 Å². The molecule has 186 valence electrons. The summed E-state index contributed by atoms with van der Waals surface area (Å²) in [5.74, 6) is 0. The number of para-hydroxylation sites is 1. The van der Waals surface area contributed by atoms with Crippen molar-refractivity contribution in [2.75, 3.05) is 5.32 Å². The lowest BCUT2D eigenvalue weighted by molar-refractivity contribution is 1.18. The molecule has 0 aliphatic rings. The summed E-state index contributed by atoms with van der Waals surface area (Å²) in [4.78, 5) is 0. The van der Waals surface area contributed by atoms with Crippen LogP contribution in [0.1, 0.15) is 8.30 Å². The Balaban J connectivity index is 1.30. The van der Waals surface area contributed by atoms with Crippen LogP contribution in [0.4, 0.5) is 11.4 Å². The zero-order valence-corrected chi connectivity index (χ0v) is 21.6. The van der Waals surface area contributed by atoms with E-state index in [1.807, 2.05) is 42.5 Å². The molecule has 0 radical (unpaired) electrons. The summed E-state index contributed by atoms with van der Waals surface area (Å²) in [5.41, 5.74) is 10.4. The standard InChI is InChI=1S/C37H28N2/c1-26-11-18-31(19-12-26)38-32-20-13-29(14-21-32)30-17-24-37-35(25-30)34-9-5-6-10-36(34)39(37)33-22-15-28(16-23-33)27-7-3-2-4-8-27/h2-25,38H,1H3/i6D,17D. The van der Waals surface area contributed by atoms with Gasteiger partial charge in [0, 0.05) is 27.8 Å². The number of fused-ring (bicyclic) bond motifs is 3. The van der Waals surface area contributed by atoms with Crippen LogP contribution in [0.25, 0.3) is 49.7 Å². The summed E-state index contributed by atoms with van der Waals surface area (Å²) < 4.78 is 19.5. The van der Waals surface area contributed by atoms with E-state index in [1.54, 1.807) is 0 Å². The minimum atomic E-state index is 0.463. The van der Waals surface area contributed by atoms with Gasteiger partial charge in [0.25, 0.3) is 0 Å². The number of aromatic nitrogens is 1. The van der Waals surface area contributed by atoms with Crippen LogP contribution >= 0.6 is 0 Å². The largest absolute Gasteiger partial charge is 0.356 e. The molecule has 0 saturated carbocycles. The van der Waals surface area contributed by atoms with Crippen molar-refractivity contribution in [3.8, 4) is 27.9 Å². The molecule has 6 aromatic carbocycles. The van der Waals surface area contributed by atoms with Gasteiger partial charge in [-0.1, -0.05) is 96.5 Å². The third-order valence-corrected chi connectivity index (χ3v) is 7.31. The minimum Gasteiger partial charge on any atom is -0.356 e. The first-order chi connectivity index (χ1) is 20.0. The molecule has 0 unspecified atom stereocenters. The molecule has 0 atom stereocenters. The van der Waals surface area contributed by atoms with Crippen molar-refractivity contribution in [2.45, 2.75) is 6.92 Å². The fraction of sp³-hybridized carbons (Fsp3) is 0.0270. The lowest BCUT2D eigenvalue weighted by Gasteiger charge is -2.10. The Labute approximate surface area is 231 Å². The first kappa shape index (κ1) is 20.9. The van der Waals surface area contributed by atoms with Crippen molar-refractivity contribution in [1.29, 1.82) is 0 Å². The smallest absolute Gasteiger partial charge is 0.0630 e. The molecule has 0 fully saturated rings. The van der Waals surface area contributed by atoms with Crippen LogP contribution in [-0.2, 0) is 0 Å². The van der Waals surface area contributed by atoms with Crippen LogP contribution in [0, 0.1) is 6.92 Å². The van der Waals surface area contributed by atoms with E-state index in [9.17, 15) is 0 Å². The highest BCUT2D eigenvalue weighted by Crippen LogP contribution is 2.35.